The van der Waals surface area contributed by atoms with Gasteiger partial charge in [-0.25, -0.2) is 0 Å². The third-order valence-electron chi connectivity index (χ3n) is 4.60. The van der Waals surface area contributed by atoms with E-state index in [-0.39, 0.29) is 18.5 Å². The van der Waals surface area contributed by atoms with Crippen molar-refractivity contribution in [2.24, 2.45) is 5.92 Å². The molecule has 0 aromatic heterocycles. The first-order valence-electron chi connectivity index (χ1n) is 10.7. The molecule has 0 aromatic carbocycles. The predicted octanol–water partition coefficient (Wildman–Crippen LogP) is 6.49. The highest BCUT2D eigenvalue weighted by atomic mass is 16.5. The van der Waals surface area contributed by atoms with E-state index in [1.165, 1.54) is 12.8 Å². The van der Waals surface area contributed by atoms with E-state index in [4.69, 9.17) is 4.74 Å². The Labute approximate surface area is 167 Å². The van der Waals surface area contributed by atoms with E-state index in [1.807, 2.05) is 12.2 Å². The fraction of sp³-hybridized carbons (Fsp3) is 0.625. The van der Waals surface area contributed by atoms with Crippen LogP contribution < -0.4 is 5.32 Å². The summed E-state index contributed by atoms with van der Waals surface area (Å²) in [6.45, 7) is 15.4. The summed E-state index contributed by atoms with van der Waals surface area (Å²) in [4.78, 5) is 12.4. The third-order valence-corrected chi connectivity index (χ3v) is 4.60. The number of hydrogen-bond donors (Lipinski definition) is 1. The van der Waals surface area contributed by atoms with Crippen molar-refractivity contribution < 1.29 is 9.53 Å². The van der Waals surface area contributed by atoms with E-state index in [1.54, 1.807) is 12.2 Å². The Morgan fingerprint density at radius 3 is 2.07 bits per heavy atom. The predicted molar refractivity (Wildman–Crippen MR) is 118 cm³/mol. The highest BCUT2D eigenvalue weighted by Gasteiger charge is 2.18. The summed E-state index contributed by atoms with van der Waals surface area (Å²) in [5.74, 6) is -0.0502. The van der Waals surface area contributed by atoms with Crippen molar-refractivity contribution in [2.75, 3.05) is 13.2 Å². The zero-order chi connectivity index (χ0) is 20.3. The minimum absolute atomic E-state index is 0.0236. The largest absolute Gasteiger partial charge is 0.461 e. The summed E-state index contributed by atoms with van der Waals surface area (Å²) >= 11 is 0. The summed E-state index contributed by atoms with van der Waals surface area (Å²) in [6.07, 6.45) is 17.2. The molecule has 0 spiro atoms. The smallest absolute Gasteiger partial charge is 0.309 e. The SMILES string of the molecule is C=C/C(=C\C=C(/C=C)NCCCCC)COC(=O)C(CCCC)CCCC. The van der Waals surface area contributed by atoms with Gasteiger partial charge in [-0.1, -0.05) is 84.6 Å². The lowest BCUT2D eigenvalue weighted by Gasteiger charge is -2.15. The Bertz CT molecular complexity index is 469. The standard InChI is InChI=1S/C24H41NO2/c1-6-11-14-19-25-23(10-5)18-17-21(9-4)20-27-24(26)22(15-12-7-2)16-13-8-3/h9-10,17-18,22,25H,4-8,11-16,19-20H2,1-3H3/b21-17+,23-18+. The molecule has 0 atom stereocenters. The van der Waals surface area contributed by atoms with Crippen molar-refractivity contribution in [1.29, 1.82) is 0 Å². The molecule has 3 heteroatoms. The molecule has 0 aliphatic heterocycles. The Hall–Kier alpha value is -1.77. The lowest BCUT2D eigenvalue weighted by molar-refractivity contribution is -0.148. The van der Waals surface area contributed by atoms with E-state index in [0.29, 0.717) is 0 Å². The van der Waals surface area contributed by atoms with Gasteiger partial charge in [0.1, 0.15) is 6.61 Å². The number of carbonyl (C=O) groups excluding carboxylic acids is 1. The summed E-state index contributed by atoms with van der Waals surface area (Å²) < 4.78 is 5.58. The number of carbonyl (C=O) groups is 1. The van der Waals surface area contributed by atoms with Crippen LogP contribution in [0.2, 0.25) is 0 Å². The Balaban J connectivity index is 4.66. The monoisotopic (exact) mass is 375 g/mol. The van der Waals surface area contributed by atoms with Gasteiger partial charge in [-0.2, -0.15) is 0 Å². The Kier molecular flexibility index (Phi) is 16.5. The van der Waals surface area contributed by atoms with Gasteiger partial charge in [0.25, 0.3) is 0 Å². The molecule has 154 valence electrons. The van der Waals surface area contributed by atoms with Crippen LogP contribution in [0.25, 0.3) is 0 Å². The van der Waals surface area contributed by atoms with Gasteiger partial charge in [-0.05, 0) is 37.0 Å². The fourth-order valence-corrected chi connectivity index (χ4v) is 2.73. The van der Waals surface area contributed by atoms with E-state index in [9.17, 15) is 4.79 Å². The molecule has 27 heavy (non-hydrogen) atoms. The van der Waals surface area contributed by atoms with E-state index in [2.05, 4.69) is 39.2 Å². The molecule has 1 N–H and O–H groups in total. The van der Waals surface area contributed by atoms with E-state index < -0.39 is 0 Å². The molecule has 0 saturated heterocycles. The average molecular weight is 376 g/mol. The maximum Gasteiger partial charge on any atom is 0.309 e. The second-order valence-corrected chi connectivity index (χ2v) is 6.99. The molecular formula is C24H41NO2. The first-order chi connectivity index (χ1) is 13.1. The van der Waals surface area contributed by atoms with Crippen LogP contribution in [0.1, 0.15) is 78.6 Å². The van der Waals surface area contributed by atoms with Gasteiger partial charge >= 0.3 is 5.97 Å². The summed E-state index contributed by atoms with van der Waals surface area (Å²) in [7, 11) is 0. The molecule has 0 aromatic rings. The van der Waals surface area contributed by atoms with Gasteiger partial charge in [0, 0.05) is 12.2 Å². The van der Waals surface area contributed by atoms with Crippen molar-refractivity contribution in [3.8, 4) is 0 Å². The minimum atomic E-state index is -0.0738. The lowest BCUT2D eigenvalue weighted by Crippen LogP contribution is -2.19. The first kappa shape index (κ1) is 25.2. The van der Waals surface area contributed by atoms with E-state index >= 15 is 0 Å². The molecule has 0 aliphatic carbocycles. The van der Waals surface area contributed by atoms with Gasteiger partial charge in [-0.3, -0.25) is 4.79 Å². The quantitative estimate of drug-likeness (QED) is 0.179. The summed E-state index contributed by atoms with van der Waals surface area (Å²) in [5.41, 5.74) is 1.86. The maximum atomic E-state index is 12.4. The molecule has 0 amide bonds. The summed E-state index contributed by atoms with van der Waals surface area (Å²) in [6, 6.07) is 0. The number of ether oxygens (including phenoxy) is 1. The normalized spacial score (nSPS) is 12.1. The highest BCUT2D eigenvalue weighted by molar-refractivity contribution is 5.72. The molecule has 0 bridgehead atoms. The maximum absolute atomic E-state index is 12.4. The van der Waals surface area contributed by atoms with Crippen molar-refractivity contribution in [3.05, 3.63) is 48.7 Å². The van der Waals surface area contributed by atoms with Crippen LogP contribution in [0.3, 0.4) is 0 Å². The molecule has 0 unspecified atom stereocenters. The average Bonchev–Trinajstić information content (AvgIpc) is 2.69. The molecule has 0 rings (SSSR count). The van der Waals surface area contributed by atoms with Crippen LogP contribution in [0.4, 0.5) is 0 Å². The molecule has 0 aliphatic rings. The van der Waals surface area contributed by atoms with Gasteiger partial charge < -0.3 is 10.1 Å². The fourth-order valence-electron chi connectivity index (χ4n) is 2.73. The van der Waals surface area contributed by atoms with Gasteiger partial charge in [0.05, 0.1) is 5.92 Å². The van der Waals surface area contributed by atoms with Crippen molar-refractivity contribution >= 4 is 5.97 Å². The molecule has 0 fully saturated rings. The van der Waals surface area contributed by atoms with E-state index in [0.717, 1.165) is 62.8 Å². The van der Waals surface area contributed by atoms with Gasteiger partial charge in [0.2, 0.25) is 0 Å². The molecule has 0 saturated carbocycles. The van der Waals surface area contributed by atoms with Crippen LogP contribution in [0, 0.1) is 5.92 Å². The second kappa shape index (κ2) is 17.6. The van der Waals surface area contributed by atoms with Crippen LogP contribution >= 0.6 is 0 Å². The van der Waals surface area contributed by atoms with Crippen LogP contribution in [-0.2, 0) is 9.53 Å². The Morgan fingerprint density at radius 2 is 1.56 bits per heavy atom. The van der Waals surface area contributed by atoms with Gasteiger partial charge in [0.15, 0.2) is 0 Å². The molecule has 0 heterocycles. The second-order valence-electron chi connectivity index (χ2n) is 6.99. The third kappa shape index (κ3) is 13.1. The van der Waals surface area contributed by atoms with Crippen LogP contribution in [0.15, 0.2) is 48.7 Å². The molecule has 3 nitrogen and oxygen atoms in total. The number of esters is 1. The topological polar surface area (TPSA) is 38.3 Å². The zero-order valence-corrected chi connectivity index (χ0v) is 17.9. The molecular weight excluding hydrogens is 334 g/mol. The highest BCUT2D eigenvalue weighted by Crippen LogP contribution is 2.18. The Morgan fingerprint density at radius 1 is 0.926 bits per heavy atom. The lowest BCUT2D eigenvalue weighted by atomic mass is 9.96. The number of unbranched alkanes of at least 4 members (excludes halogenated alkanes) is 4. The van der Waals surface area contributed by atoms with Crippen molar-refractivity contribution in [2.45, 2.75) is 78.6 Å². The molecule has 0 radical (unpaired) electrons. The van der Waals surface area contributed by atoms with Crippen LogP contribution in [-0.4, -0.2) is 19.1 Å². The van der Waals surface area contributed by atoms with Crippen molar-refractivity contribution in [3.63, 3.8) is 0 Å². The number of allylic oxidation sites excluding steroid dienone is 3. The summed E-state index contributed by atoms with van der Waals surface area (Å²) in [5, 5.41) is 3.37. The minimum Gasteiger partial charge on any atom is -0.461 e. The number of rotatable bonds is 17. The zero-order valence-electron chi connectivity index (χ0n) is 17.9. The van der Waals surface area contributed by atoms with Crippen LogP contribution in [0.5, 0.6) is 0 Å². The number of nitrogens with one attached hydrogen (secondary N) is 1. The first-order valence-corrected chi connectivity index (χ1v) is 10.7. The van der Waals surface area contributed by atoms with Gasteiger partial charge in [-0.15, -0.1) is 0 Å². The van der Waals surface area contributed by atoms with Crippen molar-refractivity contribution in [1.82, 2.24) is 5.32 Å². The number of hydrogen-bond acceptors (Lipinski definition) is 3.